The summed E-state index contributed by atoms with van der Waals surface area (Å²) in [6.45, 7) is 12.2. The third-order valence-corrected chi connectivity index (χ3v) is 6.63. The number of nitrogens with zero attached hydrogens (tertiary/aromatic N) is 6. The van der Waals surface area contributed by atoms with Crippen LogP contribution in [0, 0.1) is 17.6 Å². The predicted octanol–water partition coefficient (Wildman–Crippen LogP) is 6.15. The topological polar surface area (TPSA) is 89.6 Å². The van der Waals surface area contributed by atoms with E-state index >= 15 is 0 Å². The van der Waals surface area contributed by atoms with Crippen molar-refractivity contribution >= 4 is 0 Å². The zero-order chi connectivity index (χ0) is 28.4. The van der Waals surface area contributed by atoms with Gasteiger partial charge in [0.05, 0.1) is 58.3 Å². The fourth-order valence-corrected chi connectivity index (χ4v) is 5.11. The minimum absolute atomic E-state index is 0.170. The molecule has 0 unspecified atom stereocenters. The van der Waals surface area contributed by atoms with Crippen LogP contribution in [0.25, 0.3) is 22.5 Å². The molecule has 0 fully saturated rings. The van der Waals surface area contributed by atoms with E-state index in [1.165, 1.54) is 18.2 Å². The van der Waals surface area contributed by atoms with E-state index in [9.17, 15) is 13.9 Å². The Morgan fingerprint density at radius 2 is 1.72 bits per heavy atom. The lowest BCUT2D eigenvalue weighted by Crippen LogP contribution is -2.31. The van der Waals surface area contributed by atoms with Crippen LogP contribution >= 0.6 is 0 Å². The van der Waals surface area contributed by atoms with Crippen molar-refractivity contribution < 1.29 is 13.9 Å². The average Bonchev–Trinajstić information content (AvgIpc) is 3.31. The van der Waals surface area contributed by atoms with Crippen LogP contribution < -0.4 is 0 Å². The molecule has 9 heteroatoms. The van der Waals surface area contributed by atoms with Gasteiger partial charge in [0.25, 0.3) is 0 Å². The van der Waals surface area contributed by atoms with Crippen LogP contribution in [0.15, 0.2) is 49.1 Å². The molecule has 3 aromatic heterocycles. The van der Waals surface area contributed by atoms with E-state index in [0.29, 0.717) is 25.1 Å². The third-order valence-electron chi connectivity index (χ3n) is 6.63. The van der Waals surface area contributed by atoms with Gasteiger partial charge in [0.15, 0.2) is 0 Å². The van der Waals surface area contributed by atoms with Gasteiger partial charge in [-0.3, -0.25) is 9.67 Å². The number of benzene rings is 1. The Morgan fingerprint density at radius 1 is 1.00 bits per heavy atom. The maximum Gasteiger partial charge on any atom is 0.135 e. The minimum atomic E-state index is -0.904. The first-order valence-corrected chi connectivity index (χ1v) is 13.3. The second kappa shape index (κ2) is 11.3. The number of halogens is 2. The first-order chi connectivity index (χ1) is 18.4. The van der Waals surface area contributed by atoms with E-state index in [1.54, 1.807) is 43.2 Å². The Morgan fingerprint density at radius 3 is 2.36 bits per heavy atom. The first-order valence-electron chi connectivity index (χ1n) is 13.3. The number of hydrogen-bond acceptors (Lipinski definition) is 6. The Kier molecular flexibility index (Phi) is 8.20. The molecule has 0 aliphatic rings. The summed E-state index contributed by atoms with van der Waals surface area (Å²) in [6, 6.07) is 5.54. The summed E-state index contributed by atoms with van der Waals surface area (Å²) < 4.78 is 30.8. The van der Waals surface area contributed by atoms with Crippen LogP contribution in [-0.4, -0.2) is 40.7 Å². The molecule has 0 radical (unpaired) electrons. The summed E-state index contributed by atoms with van der Waals surface area (Å²) in [4.78, 5) is 9.51. The third kappa shape index (κ3) is 6.36. The van der Waals surface area contributed by atoms with Crippen molar-refractivity contribution in [2.24, 2.45) is 5.92 Å². The van der Waals surface area contributed by atoms with Crippen molar-refractivity contribution in [3.63, 3.8) is 0 Å². The van der Waals surface area contributed by atoms with Crippen molar-refractivity contribution in [3.05, 3.63) is 77.6 Å². The summed E-state index contributed by atoms with van der Waals surface area (Å²) in [7, 11) is 0. The average molecular weight is 535 g/mol. The summed E-state index contributed by atoms with van der Waals surface area (Å²) in [5, 5.41) is 23.5. The fourth-order valence-electron chi connectivity index (χ4n) is 5.11. The van der Waals surface area contributed by atoms with Gasteiger partial charge in [-0.05, 0) is 63.3 Å². The minimum Gasteiger partial charge on any atom is -0.389 e. The molecule has 4 aromatic rings. The van der Waals surface area contributed by atoms with E-state index in [0.717, 1.165) is 28.9 Å². The summed E-state index contributed by atoms with van der Waals surface area (Å²) in [5.41, 5.74) is 2.18. The lowest BCUT2D eigenvalue weighted by atomic mass is 9.74. The molecule has 0 spiro atoms. The molecule has 0 aliphatic carbocycles. The molecule has 0 aliphatic heterocycles. The molecular formula is C30H36F2N6O. The molecule has 1 N–H and O–H groups in total. The van der Waals surface area contributed by atoms with Crippen molar-refractivity contribution in [3.8, 4) is 22.5 Å². The zero-order valence-corrected chi connectivity index (χ0v) is 23.4. The van der Waals surface area contributed by atoms with Gasteiger partial charge in [0, 0.05) is 18.0 Å². The highest BCUT2D eigenvalue weighted by atomic mass is 19.1. The molecule has 0 saturated heterocycles. The molecule has 1 aromatic carbocycles. The quantitative estimate of drug-likeness (QED) is 0.262. The van der Waals surface area contributed by atoms with Crippen LogP contribution in [0.3, 0.4) is 0 Å². The SMILES string of the molecule is CCCc1cc(-c2c(F)cccc2F)nnc1[C@@](C)(CC(C)C)c1cncc(-c2cnn(CC(C)(C)O)c2)n1. The van der Waals surface area contributed by atoms with E-state index in [2.05, 4.69) is 48.0 Å². The monoisotopic (exact) mass is 534 g/mol. The van der Waals surface area contributed by atoms with Gasteiger partial charge in [-0.2, -0.15) is 10.2 Å². The number of rotatable bonds is 10. The Balaban J connectivity index is 1.82. The molecular weight excluding hydrogens is 498 g/mol. The lowest BCUT2D eigenvalue weighted by Gasteiger charge is -2.32. The second-order valence-electron chi connectivity index (χ2n) is 11.4. The second-order valence-corrected chi connectivity index (χ2v) is 11.4. The Hall–Kier alpha value is -3.59. The number of aryl methyl sites for hydroxylation is 1. The molecule has 7 nitrogen and oxygen atoms in total. The van der Waals surface area contributed by atoms with Crippen LogP contribution in [-0.2, 0) is 18.4 Å². The molecule has 3 heterocycles. The molecule has 1 atom stereocenters. The van der Waals surface area contributed by atoms with Crippen LogP contribution in [0.5, 0.6) is 0 Å². The summed E-state index contributed by atoms with van der Waals surface area (Å²) in [5.74, 6) is -1.06. The summed E-state index contributed by atoms with van der Waals surface area (Å²) in [6.07, 6.45) is 9.18. The molecule has 0 saturated carbocycles. The highest BCUT2D eigenvalue weighted by molar-refractivity contribution is 5.62. The number of hydrogen-bond donors (Lipinski definition) is 1. The highest BCUT2D eigenvalue weighted by Gasteiger charge is 2.36. The largest absolute Gasteiger partial charge is 0.389 e. The zero-order valence-electron chi connectivity index (χ0n) is 23.4. The Labute approximate surface area is 228 Å². The van der Waals surface area contributed by atoms with Gasteiger partial charge in [-0.1, -0.05) is 33.3 Å². The first kappa shape index (κ1) is 28.4. The van der Waals surface area contributed by atoms with Crippen molar-refractivity contribution in [1.29, 1.82) is 0 Å². The van der Waals surface area contributed by atoms with Gasteiger partial charge in [-0.15, -0.1) is 5.10 Å². The number of aromatic nitrogens is 6. The molecule has 39 heavy (non-hydrogen) atoms. The molecule has 4 rings (SSSR count). The van der Waals surface area contributed by atoms with Gasteiger partial charge in [0.2, 0.25) is 0 Å². The predicted molar refractivity (Wildman–Crippen MR) is 147 cm³/mol. The van der Waals surface area contributed by atoms with E-state index in [1.807, 2.05) is 6.20 Å². The van der Waals surface area contributed by atoms with E-state index in [-0.39, 0.29) is 17.2 Å². The van der Waals surface area contributed by atoms with Gasteiger partial charge in [0.1, 0.15) is 11.6 Å². The van der Waals surface area contributed by atoms with E-state index < -0.39 is 22.7 Å². The van der Waals surface area contributed by atoms with Crippen molar-refractivity contribution in [1.82, 2.24) is 29.9 Å². The number of aliphatic hydroxyl groups is 1. The van der Waals surface area contributed by atoms with Crippen LogP contribution in [0.2, 0.25) is 0 Å². The van der Waals surface area contributed by atoms with Gasteiger partial charge in [-0.25, -0.2) is 13.8 Å². The standard InChI is InChI=1S/C30H36F2N6O/c1-7-9-20-12-24(27-22(31)10-8-11-23(27)32)36-37-28(20)30(6,13-19(2)3)26-16-33-15-25(35-26)21-14-34-38(17-21)18-29(4,5)39/h8,10-12,14-17,19,39H,7,9,13,18H2,1-6H3/t30-/m0/s1. The maximum absolute atomic E-state index is 14.6. The van der Waals surface area contributed by atoms with Crippen molar-refractivity contribution in [2.45, 2.75) is 78.4 Å². The molecule has 0 amide bonds. The van der Waals surface area contributed by atoms with Crippen LogP contribution in [0.1, 0.15) is 71.3 Å². The molecule has 0 bridgehead atoms. The Bertz CT molecular complexity index is 1430. The van der Waals surface area contributed by atoms with E-state index in [4.69, 9.17) is 4.98 Å². The fraction of sp³-hybridized carbons (Fsp3) is 0.433. The smallest absolute Gasteiger partial charge is 0.135 e. The molecule has 206 valence electrons. The van der Waals surface area contributed by atoms with Gasteiger partial charge >= 0.3 is 0 Å². The summed E-state index contributed by atoms with van der Waals surface area (Å²) >= 11 is 0. The lowest BCUT2D eigenvalue weighted by molar-refractivity contribution is 0.0577. The highest BCUT2D eigenvalue weighted by Crippen LogP contribution is 2.39. The maximum atomic E-state index is 14.6. The van der Waals surface area contributed by atoms with Gasteiger partial charge < -0.3 is 5.11 Å². The van der Waals surface area contributed by atoms with Crippen molar-refractivity contribution in [2.75, 3.05) is 0 Å². The van der Waals surface area contributed by atoms with Crippen LogP contribution in [0.4, 0.5) is 8.78 Å². The normalized spacial score (nSPS) is 13.6.